The molecule has 0 unspecified atom stereocenters. The summed E-state index contributed by atoms with van der Waals surface area (Å²) < 4.78 is 5.88. The van der Waals surface area contributed by atoms with Crippen LogP contribution in [0.1, 0.15) is 49.4 Å². The van der Waals surface area contributed by atoms with E-state index in [4.69, 9.17) is 10.5 Å². The second kappa shape index (κ2) is 6.06. The number of nitrogens with two attached hydrogens (primary N) is 1. The number of rotatable bonds is 4. The van der Waals surface area contributed by atoms with Crippen LogP contribution < -0.4 is 10.5 Å². The summed E-state index contributed by atoms with van der Waals surface area (Å²) in [5.41, 5.74) is 9.18. The zero-order valence-corrected chi connectivity index (χ0v) is 12.6. The summed E-state index contributed by atoms with van der Waals surface area (Å²) in [6.45, 7) is 8.32. The van der Waals surface area contributed by atoms with Gasteiger partial charge in [0.1, 0.15) is 5.75 Å². The number of benzene rings is 1. The summed E-state index contributed by atoms with van der Waals surface area (Å²) in [5, 5.41) is 0. The average molecular weight is 270 g/mol. The van der Waals surface area contributed by atoms with Gasteiger partial charge < -0.3 is 10.5 Å². The summed E-state index contributed by atoms with van der Waals surface area (Å²) >= 11 is 0. The van der Waals surface area contributed by atoms with E-state index >= 15 is 0 Å². The molecular weight excluding hydrogens is 248 g/mol. The molecular formula is C17H22N2O. The van der Waals surface area contributed by atoms with E-state index in [9.17, 15) is 0 Å². The molecule has 0 saturated carbocycles. The topological polar surface area (TPSA) is 48.1 Å². The standard InChI is InChI=1S/C17H22N2O/c1-11(2)14-6-5-12(3)16(9-14)20-17-8-7-15(10-19-17)13(4)18/h5-11,13H,18H2,1-4H3/t13-/m0/s1. The summed E-state index contributed by atoms with van der Waals surface area (Å²) in [6, 6.07) is 10.1. The van der Waals surface area contributed by atoms with Crippen molar-refractivity contribution < 1.29 is 4.74 Å². The Bertz CT molecular complexity index is 574. The van der Waals surface area contributed by atoms with E-state index in [0.29, 0.717) is 11.8 Å². The van der Waals surface area contributed by atoms with Crippen LogP contribution in [0.4, 0.5) is 0 Å². The molecule has 0 aliphatic rings. The minimum absolute atomic E-state index is 0.0115. The van der Waals surface area contributed by atoms with Crippen LogP contribution in [0.15, 0.2) is 36.5 Å². The van der Waals surface area contributed by atoms with Gasteiger partial charge in [-0.05, 0) is 42.5 Å². The molecule has 0 saturated heterocycles. The molecule has 20 heavy (non-hydrogen) atoms. The fraction of sp³-hybridized carbons (Fsp3) is 0.353. The van der Waals surface area contributed by atoms with Crippen molar-refractivity contribution >= 4 is 0 Å². The molecule has 0 amide bonds. The first-order valence-corrected chi connectivity index (χ1v) is 6.97. The van der Waals surface area contributed by atoms with E-state index in [0.717, 1.165) is 16.9 Å². The Kier molecular flexibility index (Phi) is 4.40. The van der Waals surface area contributed by atoms with Crippen LogP contribution in [0, 0.1) is 6.92 Å². The molecule has 0 bridgehead atoms. The highest BCUT2D eigenvalue weighted by atomic mass is 16.5. The average Bonchev–Trinajstić information content (AvgIpc) is 2.41. The van der Waals surface area contributed by atoms with Gasteiger partial charge in [-0.1, -0.05) is 32.0 Å². The summed E-state index contributed by atoms with van der Waals surface area (Å²) in [5.74, 6) is 1.93. The zero-order valence-electron chi connectivity index (χ0n) is 12.6. The second-order valence-corrected chi connectivity index (χ2v) is 5.50. The number of nitrogens with zero attached hydrogens (tertiary/aromatic N) is 1. The summed E-state index contributed by atoms with van der Waals surface area (Å²) in [7, 11) is 0. The molecule has 1 aromatic heterocycles. The van der Waals surface area contributed by atoms with Crippen molar-refractivity contribution in [2.45, 2.75) is 39.7 Å². The van der Waals surface area contributed by atoms with Gasteiger partial charge >= 0.3 is 0 Å². The van der Waals surface area contributed by atoms with Crippen LogP contribution in [-0.2, 0) is 0 Å². The Labute approximate surface area is 120 Å². The van der Waals surface area contributed by atoms with Crippen molar-refractivity contribution in [3.05, 3.63) is 53.2 Å². The van der Waals surface area contributed by atoms with E-state index in [1.54, 1.807) is 6.20 Å². The molecule has 2 N–H and O–H groups in total. The van der Waals surface area contributed by atoms with Crippen LogP contribution in [0.3, 0.4) is 0 Å². The Morgan fingerprint density at radius 2 is 1.75 bits per heavy atom. The quantitative estimate of drug-likeness (QED) is 0.899. The minimum Gasteiger partial charge on any atom is -0.439 e. The number of aryl methyl sites for hydroxylation is 1. The van der Waals surface area contributed by atoms with E-state index in [2.05, 4.69) is 37.0 Å². The molecule has 1 heterocycles. The summed E-state index contributed by atoms with van der Waals surface area (Å²) in [6.07, 6.45) is 1.77. The van der Waals surface area contributed by atoms with Crippen molar-refractivity contribution in [3.8, 4) is 11.6 Å². The van der Waals surface area contributed by atoms with Crippen molar-refractivity contribution in [2.75, 3.05) is 0 Å². The van der Waals surface area contributed by atoms with Crippen molar-refractivity contribution in [1.29, 1.82) is 0 Å². The van der Waals surface area contributed by atoms with Gasteiger partial charge in [0.15, 0.2) is 0 Å². The minimum atomic E-state index is -0.0115. The SMILES string of the molecule is Cc1ccc(C(C)C)cc1Oc1ccc([C@H](C)N)cn1. The number of hydrogen-bond donors (Lipinski definition) is 1. The molecule has 3 nitrogen and oxygen atoms in total. The normalized spacial score (nSPS) is 12.5. The fourth-order valence-corrected chi connectivity index (χ4v) is 1.92. The molecule has 106 valence electrons. The van der Waals surface area contributed by atoms with Crippen molar-refractivity contribution in [1.82, 2.24) is 4.98 Å². The van der Waals surface area contributed by atoms with E-state index in [1.807, 2.05) is 26.0 Å². The lowest BCUT2D eigenvalue weighted by atomic mass is 10.0. The van der Waals surface area contributed by atoms with Gasteiger partial charge in [-0.2, -0.15) is 0 Å². The zero-order chi connectivity index (χ0) is 14.7. The monoisotopic (exact) mass is 270 g/mol. The van der Waals surface area contributed by atoms with Crippen LogP contribution in [-0.4, -0.2) is 4.98 Å². The Balaban J connectivity index is 2.23. The molecule has 3 heteroatoms. The highest BCUT2D eigenvalue weighted by Gasteiger charge is 2.07. The third-order valence-corrected chi connectivity index (χ3v) is 3.38. The molecule has 1 atom stereocenters. The number of ether oxygens (including phenoxy) is 1. The lowest BCUT2D eigenvalue weighted by Gasteiger charge is -2.12. The van der Waals surface area contributed by atoms with Crippen molar-refractivity contribution in [2.24, 2.45) is 5.73 Å². The Hall–Kier alpha value is -1.87. The van der Waals surface area contributed by atoms with E-state index < -0.39 is 0 Å². The van der Waals surface area contributed by atoms with Crippen molar-refractivity contribution in [3.63, 3.8) is 0 Å². The first-order chi connectivity index (χ1) is 9.47. The molecule has 0 spiro atoms. The summed E-state index contributed by atoms with van der Waals surface area (Å²) in [4.78, 5) is 4.31. The molecule has 0 aliphatic heterocycles. The fourth-order valence-electron chi connectivity index (χ4n) is 1.92. The van der Waals surface area contributed by atoms with Gasteiger partial charge in [0.25, 0.3) is 0 Å². The van der Waals surface area contributed by atoms with Gasteiger partial charge in [-0.25, -0.2) is 4.98 Å². The first kappa shape index (κ1) is 14.5. The maximum atomic E-state index is 5.88. The molecule has 0 fully saturated rings. The van der Waals surface area contributed by atoms with Gasteiger partial charge in [0, 0.05) is 18.3 Å². The van der Waals surface area contributed by atoms with Crippen LogP contribution in [0.2, 0.25) is 0 Å². The number of hydrogen-bond acceptors (Lipinski definition) is 3. The van der Waals surface area contributed by atoms with E-state index in [1.165, 1.54) is 5.56 Å². The number of aromatic nitrogens is 1. The molecule has 0 aliphatic carbocycles. The predicted molar refractivity (Wildman–Crippen MR) is 82.2 cm³/mol. The van der Waals surface area contributed by atoms with Gasteiger partial charge in [0.05, 0.1) is 0 Å². The third kappa shape index (κ3) is 3.36. The first-order valence-electron chi connectivity index (χ1n) is 6.97. The van der Waals surface area contributed by atoms with Gasteiger partial charge in [-0.3, -0.25) is 0 Å². The van der Waals surface area contributed by atoms with Crippen LogP contribution >= 0.6 is 0 Å². The highest BCUT2D eigenvalue weighted by molar-refractivity contribution is 5.40. The van der Waals surface area contributed by atoms with E-state index in [-0.39, 0.29) is 6.04 Å². The number of pyridine rings is 1. The molecule has 0 radical (unpaired) electrons. The maximum absolute atomic E-state index is 5.88. The Morgan fingerprint density at radius 3 is 2.30 bits per heavy atom. The lowest BCUT2D eigenvalue weighted by molar-refractivity contribution is 0.458. The molecule has 2 rings (SSSR count). The smallest absolute Gasteiger partial charge is 0.219 e. The van der Waals surface area contributed by atoms with Gasteiger partial charge in [-0.15, -0.1) is 0 Å². The molecule has 2 aromatic rings. The van der Waals surface area contributed by atoms with Crippen LogP contribution in [0.5, 0.6) is 11.6 Å². The van der Waals surface area contributed by atoms with Crippen LogP contribution in [0.25, 0.3) is 0 Å². The Morgan fingerprint density at radius 1 is 1.05 bits per heavy atom. The largest absolute Gasteiger partial charge is 0.439 e. The second-order valence-electron chi connectivity index (χ2n) is 5.50. The van der Waals surface area contributed by atoms with Gasteiger partial charge in [0.2, 0.25) is 5.88 Å². The predicted octanol–water partition coefficient (Wildman–Crippen LogP) is 4.33. The third-order valence-electron chi connectivity index (χ3n) is 3.38. The maximum Gasteiger partial charge on any atom is 0.219 e. The molecule has 1 aromatic carbocycles. The lowest BCUT2D eigenvalue weighted by Crippen LogP contribution is -2.05. The highest BCUT2D eigenvalue weighted by Crippen LogP contribution is 2.28.